The second-order valence-corrected chi connectivity index (χ2v) is 4.79. The Hall–Kier alpha value is -0.840. The topological polar surface area (TPSA) is 57.6 Å². The van der Waals surface area contributed by atoms with Crippen molar-refractivity contribution in [2.45, 2.75) is 43.9 Å². The second-order valence-electron chi connectivity index (χ2n) is 4.79. The first-order valence-corrected chi connectivity index (χ1v) is 6.07. The fourth-order valence-corrected chi connectivity index (χ4v) is 2.38. The minimum Gasteiger partial charge on any atom is -0.462 e. The molecule has 1 atom stereocenters. The van der Waals surface area contributed by atoms with E-state index in [-0.39, 0.29) is 11.6 Å². The van der Waals surface area contributed by atoms with Crippen LogP contribution in [0, 0.1) is 0 Å². The molecule has 0 saturated heterocycles. The standard InChI is InChI=1S/C13H21NO3/c1-15-9-10-4-5-12(17-10)11(14)8-13(16-2)6-3-7-13/h4-5,11H,3,6-9,14H2,1-2H3. The van der Waals surface area contributed by atoms with Gasteiger partial charge in [0, 0.05) is 14.2 Å². The summed E-state index contributed by atoms with van der Waals surface area (Å²) < 4.78 is 16.2. The lowest BCUT2D eigenvalue weighted by Gasteiger charge is -2.41. The predicted octanol–water partition coefficient (Wildman–Crippen LogP) is 2.39. The van der Waals surface area contributed by atoms with Crippen molar-refractivity contribution < 1.29 is 13.9 Å². The summed E-state index contributed by atoms with van der Waals surface area (Å²) in [6.07, 6.45) is 4.25. The minimum absolute atomic E-state index is 0.0202. The number of methoxy groups -OCH3 is 2. The summed E-state index contributed by atoms with van der Waals surface area (Å²) >= 11 is 0. The first-order valence-electron chi connectivity index (χ1n) is 6.07. The Kier molecular flexibility index (Phi) is 3.86. The highest BCUT2D eigenvalue weighted by atomic mass is 16.5. The summed E-state index contributed by atoms with van der Waals surface area (Å²) in [5, 5.41) is 0. The Morgan fingerprint density at radius 3 is 2.71 bits per heavy atom. The Labute approximate surface area is 102 Å². The van der Waals surface area contributed by atoms with Crippen LogP contribution < -0.4 is 5.73 Å². The molecule has 96 valence electrons. The molecule has 1 aliphatic rings. The minimum atomic E-state index is -0.0964. The van der Waals surface area contributed by atoms with Gasteiger partial charge >= 0.3 is 0 Å². The Morgan fingerprint density at radius 2 is 2.18 bits per heavy atom. The van der Waals surface area contributed by atoms with E-state index < -0.39 is 0 Å². The maximum Gasteiger partial charge on any atom is 0.129 e. The van der Waals surface area contributed by atoms with Crippen molar-refractivity contribution in [3.05, 3.63) is 23.7 Å². The van der Waals surface area contributed by atoms with Crippen LogP contribution in [0.4, 0.5) is 0 Å². The van der Waals surface area contributed by atoms with E-state index in [1.54, 1.807) is 14.2 Å². The summed E-state index contributed by atoms with van der Waals surface area (Å²) in [5.74, 6) is 1.64. The van der Waals surface area contributed by atoms with Crippen molar-refractivity contribution in [2.75, 3.05) is 14.2 Å². The largest absolute Gasteiger partial charge is 0.462 e. The highest BCUT2D eigenvalue weighted by Gasteiger charge is 2.39. The van der Waals surface area contributed by atoms with Crippen LogP contribution in [0.2, 0.25) is 0 Å². The smallest absolute Gasteiger partial charge is 0.129 e. The molecule has 0 aromatic carbocycles. The third-order valence-electron chi connectivity index (χ3n) is 3.62. The van der Waals surface area contributed by atoms with Gasteiger partial charge in [-0.25, -0.2) is 0 Å². The van der Waals surface area contributed by atoms with Gasteiger partial charge in [0.15, 0.2) is 0 Å². The van der Waals surface area contributed by atoms with Crippen molar-refractivity contribution in [1.82, 2.24) is 0 Å². The molecule has 1 heterocycles. The molecule has 1 fully saturated rings. The quantitative estimate of drug-likeness (QED) is 0.828. The highest BCUT2D eigenvalue weighted by Crippen LogP contribution is 2.41. The molecular weight excluding hydrogens is 218 g/mol. The van der Waals surface area contributed by atoms with Gasteiger partial charge in [-0.15, -0.1) is 0 Å². The van der Waals surface area contributed by atoms with Crippen LogP contribution in [0.5, 0.6) is 0 Å². The van der Waals surface area contributed by atoms with Gasteiger partial charge < -0.3 is 19.6 Å². The molecule has 2 rings (SSSR count). The van der Waals surface area contributed by atoms with Crippen LogP contribution >= 0.6 is 0 Å². The molecule has 1 unspecified atom stereocenters. The van der Waals surface area contributed by atoms with Gasteiger partial charge in [-0.3, -0.25) is 0 Å². The van der Waals surface area contributed by atoms with Gasteiger partial charge in [-0.2, -0.15) is 0 Å². The molecule has 4 nitrogen and oxygen atoms in total. The van der Waals surface area contributed by atoms with Gasteiger partial charge in [0.05, 0.1) is 11.6 Å². The van der Waals surface area contributed by atoms with E-state index in [1.165, 1.54) is 6.42 Å². The molecule has 0 aliphatic heterocycles. The van der Waals surface area contributed by atoms with Crippen molar-refractivity contribution >= 4 is 0 Å². The second kappa shape index (κ2) is 5.21. The molecule has 0 bridgehead atoms. The fraction of sp³-hybridized carbons (Fsp3) is 0.692. The lowest BCUT2D eigenvalue weighted by Crippen LogP contribution is -2.41. The van der Waals surface area contributed by atoms with Gasteiger partial charge in [-0.1, -0.05) is 0 Å². The number of hydrogen-bond donors (Lipinski definition) is 1. The van der Waals surface area contributed by atoms with Gasteiger partial charge in [0.2, 0.25) is 0 Å². The van der Waals surface area contributed by atoms with Crippen molar-refractivity contribution in [3.63, 3.8) is 0 Å². The average Bonchev–Trinajstić information content (AvgIpc) is 2.72. The van der Waals surface area contributed by atoms with Crippen molar-refractivity contribution in [3.8, 4) is 0 Å². The first-order chi connectivity index (χ1) is 8.19. The number of hydrogen-bond acceptors (Lipinski definition) is 4. The molecule has 4 heteroatoms. The maximum absolute atomic E-state index is 6.16. The molecule has 0 amide bonds. The zero-order valence-electron chi connectivity index (χ0n) is 10.6. The molecule has 2 N–H and O–H groups in total. The molecule has 17 heavy (non-hydrogen) atoms. The van der Waals surface area contributed by atoms with E-state index in [0.717, 1.165) is 30.8 Å². The van der Waals surface area contributed by atoms with E-state index >= 15 is 0 Å². The van der Waals surface area contributed by atoms with E-state index in [0.29, 0.717) is 6.61 Å². The molecule has 0 radical (unpaired) electrons. The lowest BCUT2D eigenvalue weighted by atomic mass is 9.75. The van der Waals surface area contributed by atoms with Crippen LogP contribution in [0.1, 0.15) is 43.2 Å². The van der Waals surface area contributed by atoms with E-state index in [2.05, 4.69) is 0 Å². The number of rotatable bonds is 6. The van der Waals surface area contributed by atoms with Gasteiger partial charge in [0.1, 0.15) is 18.1 Å². The zero-order chi connectivity index (χ0) is 12.3. The number of ether oxygens (including phenoxy) is 2. The lowest BCUT2D eigenvalue weighted by molar-refractivity contribution is -0.0827. The Morgan fingerprint density at radius 1 is 1.41 bits per heavy atom. The number of nitrogens with two attached hydrogens (primary N) is 1. The maximum atomic E-state index is 6.16. The van der Waals surface area contributed by atoms with E-state index in [1.807, 2.05) is 12.1 Å². The molecule has 1 aromatic heterocycles. The predicted molar refractivity (Wildman–Crippen MR) is 64.6 cm³/mol. The van der Waals surface area contributed by atoms with Crippen LogP contribution in [-0.2, 0) is 16.1 Å². The fourth-order valence-electron chi connectivity index (χ4n) is 2.38. The molecule has 1 saturated carbocycles. The van der Waals surface area contributed by atoms with E-state index in [4.69, 9.17) is 19.6 Å². The molecular formula is C13H21NO3. The monoisotopic (exact) mass is 239 g/mol. The van der Waals surface area contributed by atoms with Gasteiger partial charge in [0.25, 0.3) is 0 Å². The summed E-state index contributed by atoms with van der Waals surface area (Å²) in [6, 6.07) is 3.75. The third-order valence-corrected chi connectivity index (χ3v) is 3.62. The van der Waals surface area contributed by atoms with E-state index in [9.17, 15) is 0 Å². The summed E-state index contributed by atoms with van der Waals surface area (Å²) in [6.45, 7) is 0.488. The van der Waals surface area contributed by atoms with Gasteiger partial charge in [-0.05, 0) is 37.8 Å². The van der Waals surface area contributed by atoms with Crippen molar-refractivity contribution in [2.24, 2.45) is 5.73 Å². The summed E-state index contributed by atoms with van der Waals surface area (Å²) in [4.78, 5) is 0. The van der Waals surface area contributed by atoms with Crippen LogP contribution in [0.3, 0.4) is 0 Å². The Bertz CT molecular complexity index is 352. The SMILES string of the molecule is COCc1ccc(C(N)CC2(OC)CCC2)o1. The molecule has 0 spiro atoms. The zero-order valence-corrected chi connectivity index (χ0v) is 10.6. The molecule has 1 aliphatic carbocycles. The van der Waals surface area contributed by atoms with Crippen LogP contribution in [0.25, 0.3) is 0 Å². The van der Waals surface area contributed by atoms with Crippen LogP contribution in [0.15, 0.2) is 16.5 Å². The van der Waals surface area contributed by atoms with Crippen LogP contribution in [-0.4, -0.2) is 19.8 Å². The summed E-state index contributed by atoms with van der Waals surface area (Å²) in [7, 11) is 3.42. The molecule has 1 aromatic rings. The first kappa shape index (κ1) is 12.6. The summed E-state index contributed by atoms with van der Waals surface area (Å²) in [5.41, 5.74) is 6.14. The normalized spacial score (nSPS) is 19.9. The highest BCUT2D eigenvalue weighted by molar-refractivity contribution is 5.11. The van der Waals surface area contributed by atoms with Crippen molar-refractivity contribution in [1.29, 1.82) is 0 Å². The third kappa shape index (κ3) is 2.70. The Balaban J connectivity index is 1.96. The number of furan rings is 1. The average molecular weight is 239 g/mol.